The molecule has 1 unspecified atom stereocenters. The Morgan fingerprint density at radius 3 is 2.42 bits per heavy atom. The number of benzene rings is 1. The lowest BCUT2D eigenvalue weighted by molar-refractivity contribution is -0.153. The minimum absolute atomic E-state index is 0. The van der Waals surface area contributed by atoms with Crippen LogP contribution in [0.5, 0.6) is 0 Å². The van der Waals surface area contributed by atoms with Crippen molar-refractivity contribution in [1.82, 2.24) is 10.6 Å². The van der Waals surface area contributed by atoms with E-state index in [-0.39, 0.29) is 42.5 Å². The fourth-order valence-electron chi connectivity index (χ4n) is 2.06. The molecule has 1 aromatic carbocycles. The number of guanidine groups is 1. The second kappa shape index (κ2) is 11.3. The molecule has 136 valence electrons. The molecule has 0 aliphatic carbocycles. The molecule has 0 aliphatic heterocycles. The zero-order valence-corrected chi connectivity index (χ0v) is 17.6. The minimum atomic E-state index is -0.474. The van der Waals surface area contributed by atoms with Crippen LogP contribution in [-0.2, 0) is 16.0 Å². The summed E-state index contributed by atoms with van der Waals surface area (Å²) < 4.78 is 5.26. The third-order valence-electron chi connectivity index (χ3n) is 3.14. The summed E-state index contributed by atoms with van der Waals surface area (Å²) in [6.07, 6.45) is 1.98. The number of ether oxygens (including phenoxy) is 1. The highest BCUT2D eigenvalue weighted by molar-refractivity contribution is 14.0. The number of esters is 1. The highest BCUT2D eigenvalue weighted by Gasteiger charge is 2.16. The molecule has 0 heterocycles. The summed E-state index contributed by atoms with van der Waals surface area (Å²) in [6.45, 7) is 7.75. The van der Waals surface area contributed by atoms with Gasteiger partial charge in [0, 0.05) is 13.1 Å². The Kier molecular flexibility index (Phi) is 10.7. The first-order chi connectivity index (χ1) is 10.8. The van der Waals surface area contributed by atoms with Gasteiger partial charge in [0.15, 0.2) is 5.96 Å². The number of aryl methyl sites for hydroxylation is 1. The van der Waals surface area contributed by atoms with Gasteiger partial charge in [0.2, 0.25) is 0 Å². The molecule has 0 amide bonds. The van der Waals surface area contributed by atoms with E-state index < -0.39 is 5.60 Å². The second-order valence-electron chi connectivity index (χ2n) is 6.58. The lowest BCUT2D eigenvalue weighted by atomic mass is 10.1. The third-order valence-corrected chi connectivity index (χ3v) is 3.14. The lowest BCUT2D eigenvalue weighted by Gasteiger charge is -2.21. The minimum Gasteiger partial charge on any atom is -0.459 e. The fourth-order valence-corrected chi connectivity index (χ4v) is 2.06. The molecule has 6 heteroatoms. The van der Waals surface area contributed by atoms with Crippen LogP contribution in [-0.4, -0.2) is 37.2 Å². The average molecular weight is 447 g/mol. The van der Waals surface area contributed by atoms with Gasteiger partial charge in [-0.05, 0) is 46.1 Å². The summed E-state index contributed by atoms with van der Waals surface area (Å²) in [5.74, 6) is 0.314. The third kappa shape index (κ3) is 10.5. The zero-order valence-electron chi connectivity index (χ0n) is 15.3. The first-order valence-electron chi connectivity index (χ1n) is 8.03. The first-order valence-corrected chi connectivity index (χ1v) is 8.03. The lowest BCUT2D eigenvalue weighted by Crippen LogP contribution is -2.45. The van der Waals surface area contributed by atoms with Crippen molar-refractivity contribution in [3.05, 3.63) is 35.9 Å². The summed E-state index contributed by atoms with van der Waals surface area (Å²) in [5.41, 5.74) is 0.844. The molecule has 2 N–H and O–H groups in total. The number of carbonyl (C=O) groups is 1. The fraction of sp³-hybridized carbons (Fsp3) is 0.556. The Balaban J connectivity index is 0.00000529. The standard InChI is InChI=1S/C18H29N3O2.HI/c1-14(11-12-15-9-7-6-8-10-15)21-17(19-5)20-13-16(22)23-18(2,3)4;/h6-10,14H,11-13H2,1-5H3,(H2,19,20,21);1H. The summed E-state index contributed by atoms with van der Waals surface area (Å²) >= 11 is 0. The van der Waals surface area contributed by atoms with Crippen LogP contribution in [0.1, 0.15) is 39.7 Å². The second-order valence-corrected chi connectivity index (χ2v) is 6.58. The number of hydrogen-bond donors (Lipinski definition) is 2. The van der Waals surface area contributed by atoms with E-state index in [0.29, 0.717) is 5.96 Å². The Hall–Kier alpha value is -1.31. The van der Waals surface area contributed by atoms with E-state index in [0.717, 1.165) is 12.8 Å². The maximum Gasteiger partial charge on any atom is 0.325 e. The molecule has 0 radical (unpaired) electrons. The Morgan fingerprint density at radius 1 is 1.25 bits per heavy atom. The van der Waals surface area contributed by atoms with Gasteiger partial charge in [0.25, 0.3) is 0 Å². The maximum absolute atomic E-state index is 11.7. The van der Waals surface area contributed by atoms with Crippen LogP contribution < -0.4 is 10.6 Å². The molecule has 1 aromatic rings. The van der Waals surface area contributed by atoms with Crippen LogP contribution in [0, 0.1) is 0 Å². The largest absolute Gasteiger partial charge is 0.459 e. The molecular formula is C18H30IN3O2. The van der Waals surface area contributed by atoms with Crippen molar-refractivity contribution >= 4 is 35.9 Å². The molecule has 0 saturated carbocycles. The van der Waals surface area contributed by atoms with Gasteiger partial charge in [-0.1, -0.05) is 30.3 Å². The van der Waals surface area contributed by atoms with Crippen molar-refractivity contribution in [1.29, 1.82) is 0 Å². The molecule has 0 aliphatic rings. The molecular weight excluding hydrogens is 417 g/mol. The predicted molar refractivity (Wildman–Crippen MR) is 110 cm³/mol. The maximum atomic E-state index is 11.7. The highest BCUT2D eigenvalue weighted by atomic mass is 127. The summed E-state index contributed by atoms with van der Waals surface area (Å²) in [6, 6.07) is 10.6. The summed E-state index contributed by atoms with van der Waals surface area (Å²) in [4.78, 5) is 15.8. The SMILES string of the molecule is CN=C(NCC(=O)OC(C)(C)C)NC(C)CCc1ccccc1.I. The van der Waals surface area contributed by atoms with E-state index >= 15 is 0 Å². The van der Waals surface area contributed by atoms with Gasteiger partial charge in [-0.15, -0.1) is 24.0 Å². The van der Waals surface area contributed by atoms with Crippen LogP contribution in [0.2, 0.25) is 0 Å². The number of rotatable bonds is 6. The topological polar surface area (TPSA) is 62.7 Å². The van der Waals surface area contributed by atoms with Gasteiger partial charge in [-0.2, -0.15) is 0 Å². The van der Waals surface area contributed by atoms with Crippen LogP contribution in [0.15, 0.2) is 35.3 Å². The summed E-state index contributed by atoms with van der Waals surface area (Å²) in [7, 11) is 1.69. The molecule has 0 fully saturated rings. The molecule has 0 aromatic heterocycles. The Bertz CT molecular complexity index is 513. The van der Waals surface area contributed by atoms with Crippen molar-refractivity contribution in [2.45, 2.75) is 52.2 Å². The number of nitrogens with zero attached hydrogens (tertiary/aromatic N) is 1. The van der Waals surface area contributed by atoms with Gasteiger partial charge in [0.05, 0.1) is 0 Å². The van der Waals surface area contributed by atoms with Crippen molar-refractivity contribution in [3.63, 3.8) is 0 Å². The van der Waals surface area contributed by atoms with E-state index in [9.17, 15) is 4.79 Å². The quantitative estimate of drug-likeness (QED) is 0.305. The van der Waals surface area contributed by atoms with E-state index in [4.69, 9.17) is 4.74 Å². The van der Waals surface area contributed by atoms with Crippen LogP contribution in [0.4, 0.5) is 0 Å². The predicted octanol–water partition coefficient (Wildman–Crippen LogP) is 3.13. The van der Waals surface area contributed by atoms with E-state index in [1.807, 2.05) is 26.8 Å². The van der Waals surface area contributed by atoms with E-state index in [2.05, 4.69) is 46.8 Å². The highest BCUT2D eigenvalue weighted by Crippen LogP contribution is 2.06. The molecule has 0 bridgehead atoms. The number of halogens is 1. The van der Waals surface area contributed by atoms with Gasteiger partial charge in [-0.3, -0.25) is 9.79 Å². The molecule has 0 saturated heterocycles. The van der Waals surface area contributed by atoms with Crippen molar-refractivity contribution in [2.75, 3.05) is 13.6 Å². The molecule has 1 rings (SSSR count). The van der Waals surface area contributed by atoms with E-state index in [1.165, 1.54) is 5.56 Å². The number of carbonyl (C=O) groups excluding carboxylic acids is 1. The monoisotopic (exact) mass is 447 g/mol. The molecule has 1 atom stereocenters. The van der Waals surface area contributed by atoms with Crippen molar-refractivity contribution in [3.8, 4) is 0 Å². The Morgan fingerprint density at radius 2 is 1.88 bits per heavy atom. The first kappa shape index (κ1) is 22.7. The van der Waals surface area contributed by atoms with Crippen molar-refractivity contribution in [2.24, 2.45) is 4.99 Å². The van der Waals surface area contributed by atoms with Crippen LogP contribution >= 0.6 is 24.0 Å². The van der Waals surface area contributed by atoms with Gasteiger partial charge in [-0.25, -0.2) is 0 Å². The molecule has 0 spiro atoms. The number of hydrogen-bond acceptors (Lipinski definition) is 3. The Labute approximate surface area is 162 Å². The zero-order chi connectivity index (χ0) is 17.3. The normalized spacial score (nSPS) is 12.8. The molecule has 24 heavy (non-hydrogen) atoms. The summed E-state index contributed by atoms with van der Waals surface area (Å²) in [5, 5.41) is 6.27. The smallest absolute Gasteiger partial charge is 0.325 e. The van der Waals surface area contributed by atoms with Gasteiger partial charge in [0.1, 0.15) is 12.1 Å². The van der Waals surface area contributed by atoms with Crippen LogP contribution in [0.25, 0.3) is 0 Å². The number of aliphatic imine (C=N–C) groups is 1. The van der Waals surface area contributed by atoms with Gasteiger partial charge >= 0.3 is 5.97 Å². The number of nitrogens with one attached hydrogen (secondary N) is 2. The average Bonchev–Trinajstić information content (AvgIpc) is 2.48. The van der Waals surface area contributed by atoms with E-state index in [1.54, 1.807) is 7.05 Å². The molecule has 5 nitrogen and oxygen atoms in total. The van der Waals surface area contributed by atoms with Crippen LogP contribution in [0.3, 0.4) is 0 Å². The van der Waals surface area contributed by atoms with Crippen molar-refractivity contribution < 1.29 is 9.53 Å². The van der Waals surface area contributed by atoms with Gasteiger partial charge < -0.3 is 15.4 Å².